The summed E-state index contributed by atoms with van der Waals surface area (Å²) in [6.07, 6.45) is 5.09. The predicted molar refractivity (Wildman–Crippen MR) is 71.1 cm³/mol. The van der Waals surface area contributed by atoms with Gasteiger partial charge in [0.1, 0.15) is 0 Å². The lowest BCUT2D eigenvalue weighted by atomic mass is 9.87. The molecule has 0 spiro atoms. The molecule has 0 saturated heterocycles. The Morgan fingerprint density at radius 1 is 1.19 bits per heavy atom. The molecule has 16 heavy (non-hydrogen) atoms. The summed E-state index contributed by atoms with van der Waals surface area (Å²) < 4.78 is 6.43. The topological polar surface area (TPSA) is 29.5 Å². The van der Waals surface area contributed by atoms with Crippen molar-refractivity contribution in [3.63, 3.8) is 0 Å². The van der Waals surface area contributed by atoms with Crippen LogP contribution in [0, 0.1) is 5.92 Å². The summed E-state index contributed by atoms with van der Waals surface area (Å²) in [6.45, 7) is 11.7. The van der Waals surface area contributed by atoms with E-state index in [1.165, 1.54) is 12.8 Å². The molecule has 96 valence electrons. The molecule has 1 aliphatic rings. The fourth-order valence-electron chi connectivity index (χ4n) is 2.09. The molecule has 2 unspecified atom stereocenters. The molecule has 1 saturated carbocycles. The summed E-state index contributed by atoms with van der Waals surface area (Å²) in [4.78, 5) is 0. The molecule has 2 nitrogen and oxygen atoms in total. The van der Waals surface area contributed by atoms with Crippen LogP contribution in [0.5, 0.6) is 0 Å². The summed E-state index contributed by atoms with van der Waals surface area (Å²) in [5.41, 5.74) is 0. The van der Waals surface area contributed by atoms with E-state index in [9.17, 15) is 5.11 Å². The van der Waals surface area contributed by atoms with Crippen molar-refractivity contribution >= 4 is 8.32 Å². The zero-order valence-corrected chi connectivity index (χ0v) is 12.5. The largest absolute Gasteiger partial charge is 0.414 e. The highest BCUT2D eigenvalue weighted by atomic mass is 28.4. The van der Waals surface area contributed by atoms with Crippen molar-refractivity contribution in [1.29, 1.82) is 0 Å². The number of hydrogen-bond donors (Lipinski definition) is 1. The summed E-state index contributed by atoms with van der Waals surface area (Å²) in [5, 5.41) is 9.66. The summed E-state index contributed by atoms with van der Waals surface area (Å²) in [6, 6.07) is 0. The Kier molecular flexibility index (Phi) is 4.61. The van der Waals surface area contributed by atoms with Gasteiger partial charge in [-0.1, -0.05) is 33.6 Å². The van der Waals surface area contributed by atoms with E-state index >= 15 is 0 Å². The van der Waals surface area contributed by atoms with E-state index in [1.54, 1.807) is 0 Å². The van der Waals surface area contributed by atoms with Gasteiger partial charge in [-0.25, -0.2) is 0 Å². The molecule has 0 heterocycles. The molecule has 3 heteroatoms. The molecule has 0 aromatic heterocycles. The molecule has 0 aromatic rings. The predicted octanol–water partition coefficient (Wildman–Crippen LogP) is 3.56. The third-order valence-electron chi connectivity index (χ3n) is 4.33. The summed E-state index contributed by atoms with van der Waals surface area (Å²) >= 11 is 0. The SMILES string of the molecule is CC(C)(C)[Si](C)(C)OC1CCCCC1CO. The van der Waals surface area contributed by atoms with Crippen LogP contribution in [0.3, 0.4) is 0 Å². The minimum absolute atomic E-state index is 0.268. The maximum absolute atomic E-state index is 9.40. The van der Waals surface area contributed by atoms with Gasteiger partial charge in [-0.05, 0) is 31.0 Å². The lowest BCUT2D eigenvalue weighted by Crippen LogP contribution is -2.47. The van der Waals surface area contributed by atoms with E-state index < -0.39 is 8.32 Å². The first-order valence-electron chi connectivity index (χ1n) is 6.56. The molecule has 1 N–H and O–H groups in total. The molecular formula is C13H28O2Si. The van der Waals surface area contributed by atoms with Crippen molar-refractivity contribution in [2.45, 2.75) is 70.7 Å². The maximum atomic E-state index is 9.40. The maximum Gasteiger partial charge on any atom is 0.192 e. The Balaban J connectivity index is 2.64. The first-order chi connectivity index (χ1) is 7.28. The van der Waals surface area contributed by atoms with Gasteiger partial charge in [0.05, 0.1) is 6.10 Å². The molecule has 2 atom stereocenters. The molecule has 0 amide bonds. The monoisotopic (exact) mass is 244 g/mol. The molecule has 0 radical (unpaired) electrons. The van der Waals surface area contributed by atoms with E-state index in [2.05, 4.69) is 33.9 Å². The molecule has 1 fully saturated rings. The van der Waals surface area contributed by atoms with Crippen molar-refractivity contribution in [3.05, 3.63) is 0 Å². The van der Waals surface area contributed by atoms with Crippen LogP contribution >= 0.6 is 0 Å². The fraction of sp³-hybridized carbons (Fsp3) is 1.00. The van der Waals surface area contributed by atoms with Gasteiger partial charge < -0.3 is 9.53 Å². The van der Waals surface area contributed by atoms with Gasteiger partial charge in [-0.2, -0.15) is 0 Å². The number of rotatable bonds is 3. The van der Waals surface area contributed by atoms with Gasteiger partial charge in [0.2, 0.25) is 0 Å². The summed E-state index contributed by atoms with van der Waals surface area (Å²) in [7, 11) is -1.66. The van der Waals surface area contributed by atoms with Crippen molar-refractivity contribution in [2.24, 2.45) is 5.92 Å². The Morgan fingerprint density at radius 2 is 1.75 bits per heavy atom. The van der Waals surface area contributed by atoms with E-state index in [0.717, 1.165) is 12.8 Å². The lowest BCUT2D eigenvalue weighted by Gasteiger charge is -2.42. The van der Waals surface area contributed by atoms with Crippen LogP contribution in [0.1, 0.15) is 46.5 Å². The fourth-order valence-corrected chi connectivity index (χ4v) is 3.51. The second kappa shape index (κ2) is 5.19. The molecule has 0 aliphatic heterocycles. The highest BCUT2D eigenvalue weighted by Crippen LogP contribution is 2.40. The summed E-state index contributed by atoms with van der Waals surface area (Å²) in [5.74, 6) is 0.378. The van der Waals surface area contributed by atoms with E-state index in [-0.39, 0.29) is 5.04 Å². The van der Waals surface area contributed by atoms with Gasteiger partial charge in [-0.3, -0.25) is 0 Å². The van der Waals surface area contributed by atoms with Crippen molar-refractivity contribution in [2.75, 3.05) is 6.61 Å². The highest BCUT2D eigenvalue weighted by Gasteiger charge is 2.41. The van der Waals surface area contributed by atoms with Crippen LogP contribution in [-0.4, -0.2) is 26.1 Å². The molecule has 0 aromatic carbocycles. The number of aliphatic hydroxyl groups excluding tert-OH is 1. The Bertz CT molecular complexity index is 220. The number of hydrogen-bond acceptors (Lipinski definition) is 2. The molecular weight excluding hydrogens is 216 g/mol. The van der Waals surface area contributed by atoms with Crippen molar-refractivity contribution < 1.29 is 9.53 Å². The Labute approximate surface area is 102 Å². The van der Waals surface area contributed by atoms with Crippen LogP contribution in [0.15, 0.2) is 0 Å². The molecule has 1 rings (SSSR count). The Hall–Kier alpha value is 0.137. The average molecular weight is 244 g/mol. The highest BCUT2D eigenvalue weighted by molar-refractivity contribution is 6.74. The van der Waals surface area contributed by atoms with Crippen molar-refractivity contribution in [3.8, 4) is 0 Å². The molecule has 1 aliphatic carbocycles. The second-order valence-corrected chi connectivity index (χ2v) is 11.4. The van der Waals surface area contributed by atoms with Crippen LogP contribution < -0.4 is 0 Å². The van der Waals surface area contributed by atoms with Gasteiger partial charge in [-0.15, -0.1) is 0 Å². The van der Waals surface area contributed by atoms with Crippen molar-refractivity contribution in [1.82, 2.24) is 0 Å². The number of aliphatic hydroxyl groups is 1. The third-order valence-corrected chi connectivity index (χ3v) is 8.83. The van der Waals surface area contributed by atoms with E-state index in [4.69, 9.17) is 4.43 Å². The standard InChI is InChI=1S/C13H28O2Si/c1-13(2,3)16(4,5)15-12-9-7-6-8-11(12)10-14/h11-12,14H,6-10H2,1-5H3. The first kappa shape index (κ1) is 14.2. The average Bonchev–Trinajstić information content (AvgIpc) is 2.16. The van der Waals surface area contributed by atoms with Crippen LogP contribution in [0.4, 0.5) is 0 Å². The molecule has 0 bridgehead atoms. The Morgan fingerprint density at radius 3 is 2.25 bits per heavy atom. The minimum atomic E-state index is -1.66. The quantitative estimate of drug-likeness (QED) is 0.769. The van der Waals surface area contributed by atoms with Gasteiger partial charge in [0, 0.05) is 12.5 Å². The smallest absolute Gasteiger partial charge is 0.192 e. The van der Waals surface area contributed by atoms with E-state index in [1.807, 2.05) is 0 Å². The van der Waals surface area contributed by atoms with E-state index in [0.29, 0.717) is 18.6 Å². The lowest BCUT2D eigenvalue weighted by molar-refractivity contribution is 0.0440. The first-order valence-corrected chi connectivity index (χ1v) is 9.47. The van der Waals surface area contributed by atoms with Gasteiger partial charge in [0.15, 0.2) is 8.32 Å². The van der Waals surface area contributed by atoms with Gasteiger partial charge >= 0.3 is 0 Å². The van der Waals surface area contributed by atoms with Gasteiger partial charge in [0.25, 0.3) is 0 Å². The van der Waals surface area contributed by atoms with Crippen LogP contribution in [0.25, 0.3) is 0 Å². The minimum Gasteiger partial charge on any atom is -0.414 e. The zero-order valence-electron chi connectivity index (χ0n) is 11.5. The van der Waals surface area contributed by atoms with Crippen LogP contribution in [-0.2, 0) is 4.43 Å². The normalized spacial score (nSPS) is 28.1. The third kappa shape index (κ3) is 3.31. The zero-order chi connectivity index (χ0) is 12.4. The van der Waals surface area contributed by atoms with Crippen LogP contribution in [0.2, 0.25) is 18.1 Å². The second-order valence-electron chi connectivity index (χ2n) is 6.64.